The zero-order valence-corrected chi connectivity index (χ0v) is 20.2. The molecule has 4 rings (SSSR count). The summed E-state index contributed by atoms with van der Waals surface area (Å²) in [6.45, 7) is 5.05. The third kappa shape index (κ3) is 7.17. The quantitative estimate of drug-likeness (QED) is 0.228. The number of para-hydroxylation sites is 1. The first-order chi connectivity index (χ1) is 17.6. The van der Waals surface area contributed by atoms with E-state index in [1.54, 1.807) is 16.5 Å². The van der Waals surface area contributed by atoms with Crippen molar-refractivity contribution in [3.63, 3.8) is 0 Å². The summed E-state index contributed by atoms with van der Waals surface area (Å²) in [6, 6.07) is 15.7. The fraction of sp³-hybridized carbons (Fsp3) is 0.333. The second kappa shape index (κ2) is 12.9. The number of nitrogens with zero attached hydrogens (tertiary/aromatic N) is 2. The van der Waals surface area contributed by atoms with Gasteiger partial charge in [0.2, 0.25) is 0 Å². The number of ether oxygens (including phenoxy) is 2. The van der Waals surface area contributed by atoms with Gasteiger partial charge in [-0.3, -0.25) is 14.9 Å². The van der Waals surface area contributed by atoms with Crippen molar-refractivity contribution < 1.29 is 24.3 Å². The highest BCUT2D eigenvalue weighted by atomic mass is 16.6. The van der Waals surface area contributed by atoms with Crippen LogP contribution in [0.3, 0.4) is 0 Å². The van der Waals surface area contributed by atoms with Crippen LogP contribution in [0, 0.1) is 0 Å². The van der Waals surface area contributed by atoms with Crippen molar-refractivity contribution in [2.75, 3.05) is 46.0 Å². The van der Waals surface area contributed by atoms with Crippen molar-refractivity contribution >= 4 is 29.0 Å². The minimum absolute atomic E-state index is 0.332. The van der Waals surface area contributed by atoms with Gasteiger partial charge in [0.25, 0.3) is 5.91 Å². The smallest absolute Gasteiger partial charge is 0.410 e. The van der Waals surface area contributed by atoms with E-state index in [4.69, 9.17) is 14.7 Å². The van der Waals surface area contributed by atoms with E-state index in [1.807, 2.05) is 48.7 Å². The van der Waals surface area contributed by atoms with Crippen molar-refractivity contribution in [1.29, 1.82) is 0 Å². The Morgan fingerprint density at radius 2 is 1.92 bits per heavy atom. The third-order valence-corrected chi connectivity index (χ3v) is 6.21. The van der Waals surface area contributed by atoms with E-state index < -0.39 is 5.91 Å². The Labute approximate surface area is 210 Å². The average Bonchev–Trinajstić information content (AvgIpc) is 3.34. The SMILES string of the molecule is O=C(C=Cc1ccc(CN(CCc2c[nH]c3ccccc23)C(=O)OCCN2CCOCC2)cc1)NO. The van der Waals surface area contributed by atoms with E-state index in [-0.39, 0.29) is 6.09 Å². The van der Waals surface area contributed by atoms with Crippen molar-refractivity contribution in [3.05, 3.63) is 77.5 Å². The predicted molar refractivity (Wildman–Crippen MR) is 136 cm³/mol. The minimum Gasteiger partial charge on any atom is -0.448 e. The molecule has 0 atom stereocenters. The van der Waals surface area contributed by atoms with Gasteiger partial charge in [-0.2, -0.15) is 0 Å². The molecule has 0 saturated carbocycles. The molecule has 2 amide bonds. The van der Waals surface area contributed by atoms with Gasteiger partial charge < -0.3 is 19.4 Å². The molecule has 3 aromatic rings. The summed E-state index contributed by atoms with van der Waals surface area (Å²) in [5, 5.41) is 9.76. The number of rotatable bonds is 10. The van der Waals surface area contributed by atoms with Crippen molar-refractivity contribution in [2.45, 2.75) is 13.0 Å². The summed E-state index contributed by atoms with van der Waals surface area (Å²) in [5.41, 5.74) is 5.54. The second-order valence-electron chi connectivity index (χ2n) is 8.65. The Bertz CT molecular complexity index is 1170. The number of H-pyrrole nitrogens is 1. The van der Waals surface area contributed by atoms with Gasteiger partial charge in [0.15, 0.2) is 0 Å². The fourth-order valence-corrected chi connectivity index (χ4v) is 4.17. The largest absolute Gasteiger partial charge is 0.448 e. The number of fused-ring (bicyclic) bond motifs is 1. The zero-order chi connectivity index (χ0) is 25.2. The van der Waals surface area contributed by atoms with Crippen LogP contribution in [0.25, 0.3) is 17.0 Å². The van der Waals surface area contributed by atoms with Crippen LogP contribution in [0.2, 0.25) is 0 Å². The highest BCUT2D eigenvalue weighted by Crippen LogP contribution is 2.19. The van der Waals surface area contributed by atoms with E-state index >= 15 is 0 Å². The molecule has 0 radical (unpaired) electrons. The molecule has 2 heterocycles. The third-order valence-electron chi connectivity index (χ3n) is 6.21. The maximum absolute atomic E-state index is 13.1. The van der Waals surface area contributed by atoms with Crippen molar-refractivity contribution in [1.82, 2.24) is 20.3 Å². The minimum atomic E-state index is -0.595. The first kappa shape index (κ1) is 25.4. The van der Waals surface area contributed by atoms with Crippen LogP contribution >= 0.6 is 0 Å². The summed E-state index contributed by atoms with van der Waals surface area (Å²) in [6.07, 6.45) is 5.19. The molecule has 1 aliphatic heterocycles. The Morgan fingerprint density at radius 3 is 2.69 bits per heavy atom. The monoisotopic (exact) mass is 492 g/mol. The van der Waals surface area contributed by atoms with E-state index in [1.165, 1.54) is 6.08 Å². The molecular formula is C27H32N4O5. The summed E-state index contributed by atoms with van der Waals surface area (Å²) >= 11 is 0. The molecule has 1 saturated heterocycles. The number of morpholine rings is 1. The molecule has 2 aromatic carbocycles. The maximum atomic E-state index is 13.1. The number of aromatic nitrogens is 1. The lowest BCUT2D eigenvalue weighted by Gasteiger charge is -2.27. The summed E-state index contributed by atoms with van der Waals surface area (Å²) < 4.78 is 11.0. The van der Waals surface area contributed by atoms with Crippen LogP contribution < -0.4 is 5.48 Å². The Kier molecular flexibility index (Phi) is 9.09. The zero-order valence-electron chi connectivity index (χ0n) is 20.2. The molecule has 36 heavy (non-hydrogen) atoms. The molecule has 1 aliphatic rings. The van der Waals surface area contributed by atoms with Crippen LogP contribution in [0.15, 0.2) is 60.8 Å². The van der Waals surface area contributed by atoms with Gasteiger partial charge in [0.05, 0.1) is 13.2 Å². The molecular weight excluding hydrogens is 460 g/mol. The van der Waals surface area contributed by atoms with Crippen LogP contribution in [-0.2, 0) is 27.2 Å². The highest BCUT2D eigenvalue weighted by molar-refractivity contribution is 5.90. The van der Waals surface area contributed by atoms with E-state index in [0.717, 1.165) is 40.7 Å². The molecule has 190 valence electrons. The lowest BCUT2D eigenvalue weighted by molar-refractivity contribution is -0.124. The Balaban J connectivity index is 1.40. The maximum Gasteiger partial charge on any atom is 0.410 e. The normalized spacial score (nSPS) is 14.2. The first-order valence-corrected chi connectivity index (χ1v) is 12.1. The van der Waals surface area contributed by atoms with Crippen molar-refractivity contribution in [3.8, 4) is 0 Å². The molecule has 3 N–H and O–H groups in total. The Morgan fingerprint density at radius 1 is 1.14 bits per heavy atom. The molecule has 9 heteroatoms. The number of hydrogen-bond acceptors (Lipinski definition) is 6. The van der Waals surface area contributed by atoms with E-state index in [0.29, 0.717) is 45.9 Å². The number of hydrogen-bond donors (Lipinski definition) is 3. The molecule has 1 fully saturated rings. The lowest BCUT2D eigenvalue weighted by Crippen LogP contribution is -2.40. The van der Waals surface area contributed by atoms with Crippen LogP contribution in [0.5, 0.6) is 0 Å². The standard InChI is InChI=1S/C27H32N4O5/c32-26(29-34)10-9-21-5-7-22(8-6-21)20-31(27(33)36-18-15-30-13-16-35-17-14-30)12-11-23-19-28-25-4-2-1-3-24(23)25/h1-10,19,28,34H,11-18,20H2,(H,29,32). The van der Waals surface area contributed by atoms with E-state index in [9.17, 15) is 9.59 Å². The van der Waals surface area contributed by atoms with E-state index in [2.05, 4.69) is 16.0 Å². The second-order valence-corrected chi connectivity index (χ2v) is 8.65. The van der Waals surface area contributed by atoms with Gasteiger partial charge >= 0.3 is 6.09 Å². The number of carbonyl (C=O) groups is 2. The molecule has 1 aromatic heterocycles. The van der Waals surface area contributed by atoms with Gasteiger partial charge in [-0.25, -0.2) is 10.3 Å². The summed E-state index contributed by atoms with van der Waals surface area (Å²) in [5.74, 6) is -0.595. The van der Waals surface area contributed by atoms with Crippen LogP contribution in [0.4, 0.5) is 4.79 Å². The molecule has 0 spiro atoms. The van der Waals surface area contributed by atoms with Gasteiger partial charge in [0.1, 0.15) is 6.61 Å². The summed E-state index contributed by atoms with van der Waals surface area (Å²) in [4.78, 5) is 31.5. The topological polar surface area (TPSA) is 107 Å². The molecule has 0 bridgehead atoms. The Hall–Kier alpha value is -3.66. The number of amides is 2. The number of hydroxylamine groups is 1. The summed E-state index contributed by atoms with van der Waals surface area (Å²) in [7, 11) is 0. The van der Waals surface area contributed by atoms with Gasteiger partial charge in [-0.1, -0.05) is 42.5 Å². The molecule has 0 unspecified atom stereocenters. The van der Waals surface area contributed by atoms with Crippen molar-refractivity contribution in [2.24, 2.45) is 0 Å². The van der Waals surface area contributed by atoms with Crippen LogP contribution in [0.1, 0.15) is 16.7 Å². The lowest BCUT2D eigenvalue weighted by atomic mass is 10.1. The van der Waals surface area contributed by atoms with Crippen LogP contribution in [-0.4, -0.2) is 78.0 Å². The van der Waals surface area contributed by atoms with Gasteiger partial charge in [0, 0.05) is 55.9 Å². The predicted octanol–water partition coefficient (Wildman–Crippen LogP) is 3.20. The first-order valence-electron chi connectivity index (χ1n) is 12.1. The number of carbonyl (C=O) groups excluding carboxylic acids is 2. The average molecular weight is 493 g/mol. The van der Waals surface area contributed by atoms with Gasteiger partial charge in [-0.15, -0.1) is 0 Å². The molecule has 9 nitrogen and oxygen atoms in total. The molecule has 0 aliphatic carbocycles. The number of aromatic amines is 1. The number of benzene rings is 2. The number of nitrogens with one attached hydrogen (secondary N) is 2. The fourth-order valence-electron chi connectivity index (χ4n) is 4.17. The highest BCUT2D eigenvalue weighted by Gasteiger charge is 2.18. The van der Waals surface area contributed by atoms with Gasteiger partial charge in [-0.05, 0) is 35.3 Å².